The van der Waals surface area contributed by atoms with Gasteiger partial charge in [0.25, 0.3) is 0 Å². The van der Waals surface area contributed by atoms with Crippen molar-refractivity contribution in [3.8, 4) is 0 Å². The third-order valence-corrected chi connectivity index (χ3v) is 9.32. The molecule has 0 amide bonds. The Balaban J connectivity index is 1.41. The van der Waals surface area contributed by atoms with Crippen molar-refractivity contribution >= 4 is 23.4 Å². The second-order valence-corrected chi connectivity index (χ2v) is 10.4. The summed E-state index contributed by atoms with van der Waals surface area (Å²) in [5, 5.41) is -0.114. The molecule has 172 valence electrons. The van der Waals surface area contributed by atoms with Crippen LogP contribution in [0, 0.1) is 17.8 Å². The molecule has 0 aromatic rings. The molecule has 7 aliphatic rings. The summed E-state index contributed by atoms with van der Waals surface area (Å²) in [6.45, 7) is 6.90. The van der Waals surface area contributed by atoms with Gasteiger partial charge in [-0.05, 0) is 32.7 Å². The highest BCUT2D eigenvalue weighted by Gasteiger charge is 2.91. The Hall–Kier alpha value is -1.68. The molecule has 8 unspecified atom stereocenters. The lowest BCUT2D eigenvalue weighted by molar-refractivity contribution is -0.369. The number of fused-ring (bicyclic) bond motifs is 2. The minimum Gasteiger partial charge on any atom is -0.493 e. The maximum atomic E-state index is 12.7. The quantitative estimate of drug-likeness (QED) is 0.358. The summed E-state index contributed by atoms with van der Waals surface area (Å²) in [6.07, 6.45) is 7.57. The van der Waals surface area contributed by atoms with Crippen molar-refractivity contribution in [1.82, 2.24) is 4.90 Å². The number of hydrogen-bond acceptors (Lipinski definition) is 9. The summed E-state index contributed by atoms with van der Waals surface area (Å²) in [5.74, 6) is -4.37. The topological polar surface area (TPSA) is 75.7 Å². The number of allylic oxidation sites excluding steroid dienone is 1. The van der Waals surface area contributed by atoms with E-state index in [1.165, 1.54) is 7.11 Å². The van der Waals surface area contributed by atoms with Crippen molar-refractivity contribution in [1.29, 1.82) is 0 Å². The molecule has 7 aliphatic heterocycles. The van der Waals surface area contributed by atoms with Crippen LogP contribution in [0.25, 0.3) is 0 Å². The predicted octanol–water partition coefficient (Wildman–Crippen LogP) is 2.38. The summed E-state index contributed by atoms with van der Waals surface area (Å²) in [6, 6.07) is 0.284. The van der Waals surface area contributed by atoms with Gasteiger partial charge in [-0.15, -0.1) is 0 Å². The number of hydrogen-bond donors (Lipinski definition) is 0. The molecule has 7 rings (SSSR count). The van der Waals surface area contributed by atoms with E-state index in [0.29, 0.717) is 5.57 Å². The van der Waals surface area contributed by atoms with Gasteiger partial charge in [0.1, 0.15) is 0 Å². The highest BCUT2D eigenvalue weighted by Crippen LogP contribution is 2.75. The number of rotatable bonds is 3. The number of piperidine rings is 1. The Morgan fingerprint density at radius 2 is 2.12 bits per heavy atom. The number of carbonyl (C=O) groups is 1. The molecule has 32 heavy (non-hydrogen) atoms. The Kier molecular flexibility index (Phi) is 3.51. The van der Waals surface area contributed by atoms with Crippen LogP contribution in [0.5, 0.6) is 0 Å². The number of nitrogens with zero attached hydrogens (tertiary/aromatic N) is 1. The molecular weight excluding hydrogens is 434 g/mol. The fourth-order valence-electron chi connectivity index (χ4n) is 8.28. The predicted molar refractivity (Wildman–Crippen MR) is 113 cm³/mol. The molecule has 6 saturated heterocycles. The van der Waals surface area contributed by atoms with E-state index in [1.807, 2.05) is 0 Å². The van der Waals surface area contributed by atoms with Gasteiger partial charge in [-0.2, -0.15) is 0 Å². The van der Waals surface area contributed by atoms with Crippen molar-refractivity contribution < 1.29 is 33.2 Å². The smallest absolute Gasteiger partial charge is 0.384 e. The second-order valence-electron chi connectivity index (χ2n) is 10.1. The zero-order chi connectivity index (χ0) is 22.3. The molecule has 0 radical (unpaired) electrons. The average molecular weight is 462 g/mol. The monoisotopic (exact) mass is 461 g/mol. The molecule has 10 atom stereocenters. The summed E-state index contributed by atoms with van der Waals surface area (Å²) < 4.78 is 37.4. The summed E-state index contributed by atoms with van der Waals surface area (Å²) in [5.41, 5.74) is 0.170. The summed E-state index contributed by atoms with van der Waals surface area (Å²) in [4.78, 5) is 15.3. The first kappa shape index (κ1) is 19.8. The van der Waals surface area contributed by atoms with Gasteiger partial charge in [0.2, 0.25) is 0 Å². The molecule has 9 heteroatoms. The van der Waals surface area contributed by atoms with Crippen LogP contribution in [0.15, 0.2) is 23.5 Å². The van der Waals surface area contributed by atoms with Crippen molar-refractivity contribution in [2.75, 3.05) is 13.7 Å². The molecule has 0 N–H and O–H groups in total. The summed E-state index contributed by atoms with van der Waals surface area (Å²) >= 11 is 5.35. The van der Waals surface area contributed by atoms with E-state index in [0.717, 1.165) is 25.8 Å². The van der Waals surface area contributed by atoms with E-state index in [9.17, 15) is 4.79 Å². The van der Waals surface area contributed by atoms with Crippen LogP contribution in [0.1, 0.15) is 40.0 Å². The van der Waals surface area contributed by atoms with Crippen LogP contribution >= 0.6 is 12.2 Å². The van der Waals surface area contributed by atoms with Gasteiger partial charge >= 0.3 is 22.8 Å². The molecule has 0 aliphatic carbocycles. The van der Waals surface area contributed by atoms with Gasteiger partial charge in [-0.1, -0.05) is 26.0 Å². The van der Waals surface area contributed by atoms with Gasteiger partial charge in [0.05, 0.1) is 24.3 Å². The third kappa shape index (κ3) is 1.71. The number of thiocarbonyl (C=S) groups is 1. The third-order valence-electron chi connectivity index (χ3n) is 9.15. The van der Waals surface area contributed by atoms with Gasteiger partial charge in [0, 0.05) is 36.0 Å². The number of ether oxygens (including phenoxy) is 6. The van der Waals surface area contributed by atoms with E-state index in [4.69, 9.17) is 40.6 Å². The van der Waals surface area contributed by atoms with Gasteiger partial charge in [-0.3, -0.25) is 4.90 Å². The first-order chi connectivity index (χ1) is 15.3. The molecule has 0 aromatic carbocycles. The number of methoxy groups -OCH3 is 1. The molecule has 3 spiro atoms. The molecular formula is C23H27NO7S. The van der Waals surface area contributed by atoms with Crippen molar-refractivity contribution in [2.45, 2.75) is 75.1 Å². The van der Waals surface area contributed by atoms with Crippen LogP contribution in [-0.2, 0) is 33.2 Å². The molecule has 0 aromatic heterocycles. The van der Waals surface area contributed by atoms with Crippen LogP contribution in [0.2, 0.25) is 0 Å². The lowest BCUT2D eigenvalue weighted by Gasteiger charge is -2.47. The first-order valence-electron chi connectivity index (χ1n) is 11.5. The largest absolute Gasteiger partial charge is 0.493 e. The van der Waals surface area contributed by atoms with E-state index in [2.05, 4.69) is 30.9 Å². The zero-order valence-corrected chi connectivity index (χ0v) is 19.4. The Morgan fingerprint density at radius 1 is 1.31 bits per heavy atom. The molecule has 5 bridgehead atoms. The van der Waals surface area contributed by atoms with Gasteiger partial charge in [0.15, 0.2) is 11.5 Å². The van der Waals surface area contributed by atoms with E-state index < -0.39 is 23.3 Å². The van der Waals surface area contributed by atoms with E-state index in [1.54, 1.807) is 6.92 Å². The normalized spacial score (nSPS) is 56.1. The van der Waals surface area contributed by atoms with Crippen molar-refractivity contribution in [3.05, 3.63) is 23.5 Å². The Labute approximate surface area is 191 Å². The van der Waals surface area contributed by atoms with Gasteiger partial charge < -0.3 is 28.4 Å². The SMILES string of the molecule is CC/C=C/C12C3CC4C5C(C)[C@@]6(OC(=S)O[C@@]67OC(=O)C(C)=C7OC)OC5(O3)C1CCN42. The van der Waals surface area contributed by atoms with Crippen LogP contribution in [0.4, 0.5) is 0 Å². The molecule has 7 heterocycles. The van der Waals surface area contributed by atoms with Gasteiger partial charge in [-0.25, -0.2) is 4.79 Å². The number of carbonyl (C=O) groups excluding carboxylic acids is 1. The highest BCUT2D eigenvalue weighted by molar-refractivity contribution is 7.79. The molecule has 6 fully saturated rings. The van der Waals surface area contributed by atoms with Crippen LogP contribution in [-0.4, -0.2) is 64.8 Å². The second kappa shape index (κ2) is 5.68. The minimum absolute atomic E-state index is 0.0241. The lowest BCUT2D eigenvalue weighted by atomic mass is 9.69. The first-order valence-corrected chi connectivity index (χ1v) is 11.9. The fraction of sp³-hybridized carbons (Fsp3) is 0.739. The molecule has 0 saturated carbocycles. The highest BCUT2D eigenvalue weighted by atomic mass is 32.1. The van der Waals surface area contributed by atoms with Crippen LogP contribution < -0.4 is 0 Å². The number of esters is 1. The summed E-state index contributed by atoms with van der Waals surface area (Å²) in [7, 11) is 1.49. The average Bonchev–Trinajstić information content (AvgIpc) is 3.48. The lowest BCUT2D eigenvalue weighted by Crippen LogP contribution is -2.60. The minimum atomic E-state index is -1.71. The van der Waals surface area contributed by atoms with Crippen molar-refractivity contribution in [2.24, 2.45) is 17.8 Å². The molecule has 8 nitrogen and oxygen atoms in total. The fourth-order valence-corrected chi connectivity index (χ4v) is 8.52. The van der Waals surface area contributed by atoms with Crippen molar-refractivity contribution in [3.63, 3.8) is 0 Å². The maximum Gasteiger partial charge on any atom is 0.384 e. The maximum absolute atomic E-state index is 12.7. The van der Waals surface area contributed by atoms with Crippen LogP contribution in [0.3, 0.4) is 0 Å². The van der Waals surface area contributed by atoms with E-state index in [-0.39, 0.29) is 46.4 Å². The van der Waals surface area contributed by atoms with E-state index >= 15 is 0 Å². The Morgan fingerprint density at radius 3 is 2.88 bits per heavy atom. The Bertz CT molecular complexity index is 1030. The zero-order valence-electron chi connectivity index (χ0n) is 18.6. The standard InChI is InChI=1S/C23H27NO7S/c1-5-6-8-20-14-7-9-24(20)13-10-15(20)27-21(14)16(13)12(3)22(31-21)23(30-19(32)29-22)17(26-4)11(2)18(25)28-23/h6,8,12-16H,5,7,9-10H2,1-4H3/b8-6+/t12?,13?,14?,15?,16?,20?,21?,22-,23-/m1/s1.